The molecule has 4 rings (SSSR count). The standard InChI is InChI=1S/C25H28N4O3/c1-2-19-13-22(25(31)32)24(30)28-23(19)20-3-5-21(6-4-20)29-12-9-18(16-29)15-27-14-17-7-10-26-11-8-17/h3-8,10-11,13,18,27H,2,9,12,14-16H2,1H3,(H,28,30)(H,31,32). The van der Waals surface area contributed by atoms with Crippen molar-refractivity contribution in [3.05, 3.63) is 81.9 Å². The maximum Gasteiger partial charge on any atom is 0.341 e. The molecule has 1 fully saturated rings. The largest absolute Gasteiger partial charge is 0.477 e. The number of aromatic amines is 1. The lowest BCUT2D eigenvalue weighted by Gasteiger charge is -2.19. The van der Waals surface area contributed by atoms with E-state index >= 15 is 0 Å². The number of hydrogen-bond acceptors (Lipinski definition) is 5. The molecule has 7 heteroatoms. The van der Waals surface area contributed by atoms with Gasteiger partial charge in [0.05, 0.1) is 5.69 Å². The smallest absolute Gasteiger partial charge is 0.341 e. The second kappa shape index (κ2) is 9.78. The summed E-state index contributed by atoms with van der Waals surface area (Å²) in [5.41, 5.74) is 4.00. The summed E-state index contributed by atoms with van der Waals surface area (Å²) in [4.78, 5) is 32.6. The predicted molar refractivity (Wildman–Crippen MR) is 125 cm³/mol. The molecule has 0 amide bonds. The van der Waals surface area contributed by atoms with Crippen LogP contribution in [-0.4, -0.2) is 40.7 Å². The molecule has 1 aromatic carbocycles. The molecule has 0 saturated carbocycles. The van der Waals surface area contributed by atoms with Gasteiger partial charge in [0, 0.05) is 44.3 Å². The Morgan fingerprint density at radius 2 is 1.97 bits per heavy atom. The first kappa shape index (κ1) is 21.8. The first-order valence-corrected chi connectivity index (χ1v) is 11.0. The van der Waals surface area contributed by atoms with Gasteiger partial charge in [-0.2, -0.15) is 0 Å². The number of aromatic carboxylic acids is 1. The average molecular weight is 433 g/mol. The highest BCUT2D eigenvalue weighted by atomic mass is 16.4. The van der Waals surface area contributed by atoms with Crippen LogP contribution in [0.25, 0.3) is 11.3 Å². The molecule has 7 nitrogen and oxygen atoms in total. The molecule has 1 aliphatic heterocycles. The molecule has 1 saturated heterocycles. The monoisotopic (exact) mass is 432 g/mol. The fourth-order valence-corrected chi connectivity index (χ4v) is 4.26. The van der Waals surface area contributed by atoms with E-state index in [4.69, 9.17) is 0 Å². The Morgan fingerprint density at radius 3 is 2.66 bits per heavy atom. The summed E-state index contributed by atoms with van der Waals surface area (Å²) in [6.07, 6.45) is 5.42. The van der Waals surface area contributed by atoms with Gasteiger partial charge in [-0.25, -0.2) is 4.79 Å². The lowest BCUT2D eigenvalue weighted by Crippen LogP contribution is -2.26. The van der Waals surface area contributed by atoms with Gasteiger partial charge < -0.3 is 20.3 Å². The molecule has 1 unspecified atom stereocenters. The third kappa shape index (κ3) is 4.89. The summed E-state index contributed by atoms with van der Waals surface area (Å²) < 4.78 is 0. The van der Waals surface area contributed by atoms with E-state index in [9.17, 15) is 14.7 Å². The molecular weight excluding hydrogens is 404 g/mol. The van der Waals surface area contributed by atoms with E-state index < -0.39 is 11.5 Å². The van der Waals surface area contributed by atoms with Crippen LogP contribution >= 0.6 is 0 Å². The van der Waals surface area contributed by atoms with Crippen LogP contribution < -0.4 is 15.8 Å². The Balaban J connectivity index is 1.39. The minimum Gasteiger partial charge on any atom is -0.477 e. The maximum atomic E-state index is 12.2. The number of hydrogen-bond donors (Lipinski definition) is 3. The first-order valence-electron chi connectivity index (χ1n) is 11.0. The van der Waals surface area contributed by atoms with Crippen molar-refractivity contribution < 1.29 is 9.90 Å². The Hall–Kier alpha value is -3.45. The van der Waals surface area contributed by atoms with Gasteiger partial charge in [0.2, 0.25) is 0 Å². The number of pyridine rings is 2. The molecule has 0 bridgehead atoms. The SMILES string of the molecule is CCc1cc(C(=O)O)c(=O)[nH]c1-c1ccc(N2CCC(CNCc3ccncc3)C2)cc1. The summed E-state index contributed by atoms with van der Waals surface area (Å²) in [6, 6.07) is 13.7. The van der Waals surface area contributed by atoms with Crippen LogP contribution in [0.3, 0.4) is 0 Å². The molecule has 1 aliphatic rings. The Labute approximate surface area is 187 Å². The highest BCUT2D eigenvalue weighted by molar-refractivity contribution is 5.88. The highest BCUT2D eigenvalue weighted by Gasteiger charge is 2.22. The molecule has 2 aromatic heterocycles. The van der Waals surface area contributed by atoms with Crippen LogP contribution in [-0.2, 0) is 13.0 Å². The Morgan fingerprint density at radius 1 is 1.22 bits per heavy atom. The molecular formula is C25H28N4O3. The molecule has 3 aromatic rings. The quantitative estimate of drug-likeness (QED) is 0.505. The molecule has 0 aliphatic carbocycles. The number of aryl methyl sites for hydroxylation is 1. The van der Waals surface area contributed by atoms with E-state index in [2.05, 4.69) is 32.3 Å². The zero-order chi connectivity index (χ0) is 22.5. The van der Waals surface area contributed by atoms with Gasteiger partial charge in [0.1, 0.15) is 5.56 Å². The Kier molecular flexibility index (Phi) is 6.66. The normalized spacial score (nSPS) is 15.8. The highest BCUT2D eigenvalue weighted by Crippen LogP contribution is 2.28. The van der Waals surface area contributed by atoms with Crippen molar-refractivity contribution in [2.24, 2.45) is 5.92 Å². The van der Waals surface area contributed by atoms with Crippen LogP contribution in [0.1, 0.15) is 34.8 Å². The van der Waals surface area contributed by atoms with Crippen LogP contribution in [0.5, 0.6) is 0 Å². The topological polar surface area (TPSA) is 98.3 Å². The third-order valence-corrected chi connectivity index (χ3v) is 6.05. The second-order valence-electron chi connectivity index (χ2n) is 8.21. The van der Waals surface area contributed by atoms with Gasteiger partial charge in [-0.3, -0.25) is 9.78 Å². The van der Waals surface area contributed by atoms with Gasteiger partial charge >= 0.3 is 5.97 Å². The molecule has 3 N–H and O–H groups in total. The number of benzene rings is 1. The van der Waals surface area contributed by atoms with Crippen molar-refractivity contribution in [2.45, 2.75) is 26.3 Å². The van der Waals surface area contributed by atoms with Gasteiger partial charge in [0.25, 0.3) is 5.56 Å². The van der Waals surface area contributed by atoms with Crippen molar-refractivity contribution in [3.63, 3.8) is 0 Å². The van der Waals surface area contributed by atoms with Crippen molar-refractivity contribution in [3.8, 4) is 11.3 Å². The minimum absolute atomic E-state index is 0.220. The van der Waals surface area contributed by atoms with Gasteiger partial charge in [-0.15, -0.1) is 0 Å². The lowest BCUT2D eigenvalue weighted by molar-refractivity contribution is 0.0695. The van der Waals surface area contributed by atoms with Crippen LogP contribution in [0.4, 0.5) is 5.69 Å². The zero-order valence-electron chi connectivity index (χ0n) is 18.2. The van der Waals surface area contributed by atoms with Crippen LogP contribution in [0, 0.1) is 5.92 Å². The summed E-state index contributed by atoms with van der Waals surface area (Å²) in [6.45, 7) is 5.81. The van der Waals surface area contributed by atoms with Crippen molar-refractivity contribution in [2.75, 3.05) is 24.5 Å². The first-order chi connectivity index (χ1) is 15.5. The van der Waals surface area contributed by atoms with Gasteiger partial charge in [0.15, 0.2) is 0 Å². The molecule has 1 atom stereocenters. The third-order valence-electron chi connectivity index (χ3n) is 6.05. The van der Waals surface area contributed by atoms with Crippen LogP contribution in [0.2, 0.25) is 0 Å². The number of H-pyrrole nitrogens is 1. The van der Waals surface area contributed by atoms with Gasteiger partial charge in [-0.1, -0.05) is 19.1 Å². The summed E-state index contributed by atoms with van der Waals surface area (Å²) >= 11 is 0. The number of nitrogens with one attached hydrogen (secondary N) is 2. The maximum absolute atomic E-state index is 12.2. The van der Waals surface area contributed by atoms with E-state index in [1.807, 2.05) is 43.6 Å². The number of aromatic nitrogens is 2. The predicted octanol–water partition coefficient (Wildman–Crippen LogP) is 3.31. The zero-order valence-corrected chi connectivity index (χ0v) is 18.2. The molecule has 0 radical (unpaired) electrons. The van der Waals surface area contributed by atoms with Crippen molar-refractivity contribution in [1.82, 2.24) is 15.3 Å². The van der Waals surface area contributed by atoms with Crippen LogP contribution in [0.15, 0.2) is 59.7 Å². The second-order valence-corrected chi connectivity index (χ2v) is 8.21. The molecule has 166 valence electrons. The van der Waals surface area contributed by atoms with E-state index in [1.54, 1.807) is 0 Å². The Bertz CT molecular complexity index is 1130. The number of nitrogens with zero attached hydrogens (tertiary/aromatic N) is 2. The van der Waals surface area contributed by atoms with E-state index in [0.717, 1.165) is 49.4 Å². The van der Waals surface area contributed by atoms with Gasteiger partial charge in [-0.05, 0) is 65.8 Å². The molecule has 3 heterocycles. The van der Waals surface area contributed by atoms with E-state index in [-0.39, 0.29) is 5.56 Å². The minimum atomic E-state index is -1.21. The number of anilines is 1. The van der Waals surface area contributed by atoms with Crippen molar-refractivity contribution in [1.29, 1.82) is 0 Å². The fraction of sp³-hybridized carbons (Fsp3) is 0.320. The lowest BCUT2D eigenvalue weighted by atomic mass is 10.0. The molecule has 0 spiro atoms. The van der Waals surface area contributed by atoms with E-state index in [0.29, 0.717) is 18.0 Å². The summed E-state index contributed by atoms with van der Waals surface area (Å²) in [5, 5.41) is 12.8. The molecule has 32 heavy (non-hydrogen) atoms. The average Bonchev–Trinajstić information content (AvgIpc) is 3.28. The van der Waals surface area contributed by atoms with E-state index in [1.165, 1.54) is 11.6 Å². The number of rotatable bonds is 8. The number of carboxylic acids is 1. The summed E-state index contributed by atoms with van der Waals surface area (Å²) in [7, 11) is 0. The number of carboxylic acid groups (broad SMARTS) is 1. The number of carbonyl (C=O) groups is 1. The van der Waals surface area contributed by atoms with Crippen molar-refractivity contribution >= 4 is 11.7 Å². The summed E-state index contributed by atoms with van der Waals surface area (Å²) in [5.74, 6) is -0.607. The fourth-order valence-electron chi connectivity index (χ4n) is 4.26.